The second-order valence-electron chi connectivity index (χ2n) is 6.76. The molecular formula is C17H27F4N3O2. The van der Waals surface area contributed by atoms with Crippen molar-refractivity contribution in [3.8, 4) is 0 Å². The molecule has 1 unspecified atom stereocenters. The number of allylic oxidation sites excluding steroid dienone is 2. The third kappa shape index (κ3) is 7.99. The number of halogens is 4. The van der Waals surface area contributed by atoms with Crippen molar-refractivity contribution in [1.29, 1.82) is 0 Å². The molecule has 0 saturated carbocycles. The lowest BCUT2D eigenvalue weighted by Gasteiger charge is -2.28. The third-order valence-corrected chi connectivity index (χ3v) is 3.65. The summed E-state index contributed by atoms with van der Waals surface area (Å²) in [7, 11) is 4.71. The summed E-state index contributed by atoms with van der Waals surface area (Å²) in [6, 6.07) is -0.849. The van der Waals surface area contributed by atoms with Crippen molar-refractivity contribution < 1.29 is 27.2 Å². The number of nitrogens with two attached hydrogens (primary N) is 1. The average molecular weight is 381 g/mol. The Labute approximate surface area is 151 Å². The molecule has 0 saturated heterocycles. The van der Waals surface area contributed by atoms with Gasteiger partial charge in [0, 0.05) is 19.8 Å². The van der Waals surface area contributed by atoms with E-state index in [9.17, 15) is 27.2 Å². The van der Waals surface area contributed by atoms with Gasteiger partial charge in [-0.05, 0) is 38.4 Å². The van der Waals surface area contributed by atoms with Gasteiger partial charge in [0.1, 0.15) is 6.04 Å². The molecule has 0 fully saturated rings. The predicted octanol–water partition coefficient (Wildman–Crippen LogP) is 2.64. The van der Waals surface area contributed by atoms with Crippen LogP contribution in [0.3, 0.4) is 0 Å². The first-order valence-electron chi connectivity index (χ1n) is 8.10. The van der Waals surface area contributed by atoms with E-state index in [1.807, 2.05) is 13.8 Å². The number of aldehydes is 1. The number of nitrogens with zero attached hydrogens (tertiary/aromatic N) is 2. The maximum Gasteiger partial charge on any atom is 0.419 e. The van der Waals surface area contributed by atoms with Crippen LogP contribution in [0, 0.1) is 5.92 Å². The van der Waals surface area contributed by atoms with Crippen molar-refractivity contribution in [2.45, 2.75) is 38.9 Å². The molecule has 1 atom stereocenters. The number of amides is 1. The smallest absolute Gasteiger partial charge is 0.368 e. The summed E-state index contributed by atoms with van der Waals surface area (Å²) in [6.45, 7) is 3.87. The van der Waals surface area contributed by atoms with Crippen molar-refractivity contribution in [1.82, 2.24) is 9.80 Å². The summed E-state index contributed by atoms with van der Waals surface area (Å²) < 4.78 is 53.7. The van der Waals surface area contributed by atoms with Gasteiger partial charge in [-0.25, -0.2) is 4.39 Å². The molecule has 5 nitrogen and oxygen atoms in total. The van der Waals surface area contributed by atoms with Gasteiger partial charge < -0.3 is 15.5 Å². The Bertz CT molecular complexity index is 555. The van der Waals surface area contributed by atoms with Gasteiger partial charge in [0.15, 0.2) is 12.1 Å². The van der Waals surface area contributed by atoms with Gasteiger partial charge in [0.2, 0.25) is 5.91 Å². The second-order valence-corrected chi connectivity index (χ2v) is 6.76. The van der Waals surface area contributed by atoms with Crippen LogP contribution in [-0.2, 0) is 9.59 Å². The molecule has 0 aliphatic rings. The van der Waals surface area contributed by atoms with Crippen molar-refractivity contribution in [2.75, 3.05) is 27.7 Å². The number of alkyl halides is 3. The first-order chi connectivity index (χ1) is 11.8. The van der Waals surface area contributed by atoms with E-state index in [1.165, 1.54) is 11.9 Å². The normalized spacial score (nSPS) is 15.1. The molecule has 26 heavy (non-hydrogen) atoms. The Kier molecular flexibility index (Phi) is 9.55. The topological polar surface area (TPSA) is 66.6 Å². The van der Waals surface area contributed by atoms with Crippen LogP contribution in [0.1, 0.15) is 26.7 Å². The van der Waals surface area contributed by atoms with E-state index in [2.05, 4.69) is 0 Å². The molecule has 0 bridgehead atoms. The molecule has 0 aliphatic heterocycles. The molecule has 0 aromatic rings. The van der Waals surface area contributed by atoms with Crippen LogP contribution in [0.15, 0.2) is 23.2 Å². The summed E-state index contributed by atoms with van der Waals surface area (Å²) in [5.74, 6) is -2.52. The zero-order valence-corrected chi connectivity index (χ0v) is 15.7. The maximum atomic E-state index is 13.7. The third-order valence-electron chi connectivity index (χ3n) is 3.65. The summed E-state index contributed by atoms with van der Waals surface area (Å²) in [4.78, 5) is 25.2. The van der Waals surface area contributed by atoms with Crippen LogP contribution >= 0.6 is 0 Å². The second kappa shape index (κ2) is 10.3. The van der Waals surface area contributed by atoms with E-state index in [-0.39, 0.29) is 18.9 Å². The van der Waals surface area contributed by atoms with Gasteiger partial charge in [-0.3, -0.25) is 9.59 Å². The summed E-state index contributed by atoms with van der Waals surface area (Å²) in [5, 5.41) is 0. The highest BCUT2D eigenvalue weighted by atomic mass is 19.4. The fraction of sp³-hybridized carbons (Fsp3) is 0.647. The van der Waals surface area contributed by atoms with E-state index in [4.69, 9.17) is 5.73 Å². The molecule has 0 rings (SSSR count). The predicted molar refractivity (Wildman–Crippen MR) is 91.7 cm³/mol. The molecule has 1 amide bonds. The Morgan fingerprint density at radius 3 is 2.08 bits per heavy atom. The fourth-order valence-corrected chi connectivity index (χ4v) is 2.39. The minimum absolute atomic E-state index is 0.0675. The SMILES string of the molecule is CC(C)CC(C(N)=O)N(C)/C=C(CCN(C)C)\C(=C(\F)C=O)C(F)(F)F. The molecule has 0 aromatic carbocycles. The van der Waals surface area contributed by atoms with E-state index >= 15 is 0 Å². The Balaban J connectivity index is 6.10. The van der Waals surface area contributed by atoms with Gasteiger partial charge in [-0.2, -0.15) is 13.2 Å². The minimum atomic E-state index is -5.05. The van der Waals surface area contributed by atoms with Gasteiger partial charge >= 0.3 is 6.18 Å². The largest absolute Gasteiger partial charge is 0.419 e. The first kappa shape index (κ1) is 24.1. The number of likely N-dealkylation sites (N-methyl/N-ethyl adjacent to an activating group) is 1. The van der Waals surface area contributed by atoms with Gasteiger partial charge in [0.05, 0.1) is 5.57 Å². The van der Waals surface area contributed by atoms with Crippen molar-refractivity contribution in [3.05, 3.63) is 23.2 Å². The van der Waals surface area contributed by atoms with Crippen molar-refractivity contribution >= 4 is 12.2 Å². The lowest BCUT2D eigenvalue weighted by Crippen LogP contribution is -2.41. The van der Waals surface area contributed by atoms with Crippen LogP contribution in [-0.4, -0.2) is 61.9 Å². The van der Waals surface area contributed by atoms with E-state index in [1.54, 1.807) is 19.0 Å². The molecule has 0 aromatic heterocycles. The molecule has 0 spiro atoms. The lowest BCUT2D eigenvalue weighted by atomic mass is 9.99. The number of primary amides is 1. The molecule has 9 heteroatoms. The molecule has 0 heterocycles. The standard InChI is InChI=1S/C17H27F4N3O2/c1-11(2)8-14(16(22)26)24(5)9-12(6-7-23(3)4)15(13(18)10-25)17(19,20)21/h9-11,14H,6-8H2,1-5H3,(H2,22,26)/b12-9-,15-13-. The van der Waals surface area contributed by atoms with Crippen LogP contribution in [0.5, 0.6) is 0 Å². The van der Waals surface area contributed by atoms with Gasteiger partial charge in [-0.15, -0.1) is 0 Å². The van der Waals surface area contributed by atoms with Crippen LogP contribution < -0.4 is 5.73 Å². The van der Waals surface area contributed by atoms with Gasteiger partial charge in [0.25, 0.3) is 0 Å². The van der Waals surface area contributed by atoms with Crippen LogP contribution in [0.4, 0.5) is 17.6 Å². The van der Waals surface area contributed by atoms with E-state index in [0.717, 1.165) is 6.20 Å². The average Bonchev–Trinajstić information content (AvgIpc) is 2.47. The van der Waals surface area contributed by atoms with Crippen LogP contribution in [0.2, 0.25) is 0 Å². The molecular weight excluding hydrogens is 354 g/mol. The number of hydrogen-bond acceptors (Lipinski definition) is 4. The monoisotopic (exact) mass is 381 g/mol. The highest BCUT2D eigenvalue weighted by Crippen LogP contribution is 2.35. The zero-order valence-electron chi connectivity index (χ0n) is 15.7. The highest BCUT2D eigenvalue weighted by molar-refractivity contribution is 5.80. The molecule has 2 N–H and O–H groups in total. The van der Waals surface area contributed by atoms with Crippen LogP contribution in [0.25, 0.3) is 0 Å². The summed E-state index contributed by atoms with van der Waals surface area (Å²) in [6.07, 6.45) is -4.31. The number of carbonyl (C=O) groups excluding carboxylic acids is 2. The first-order valence-corrected chi connectivity index (χ1v) is 8.10. The molecule has 0 radical (unpaired) electrons. The molecule has 150 valence electrons. The molecule has 0 aliphatic carbocycles. The quantitative estimate of drug-likeness (QED) is 0.273. The number of carbonyl (C=O) groups is 2. The summed E-state index contributed by atoms with van der Waals surface area (Å²) in [5.41, 5.74) is 3.30. The summed E-state index contributed by atoms with van der Waals surface area (Å²) >= 11 is 0. The Hall–Kier alpha value is -1.90. The van der Waals surface area contributed by atoms with Crippen molar-refractivity contribution in [2.24, 2.45) is 11.7 Å². The number of rotatable bonds is 10. The Morgan fingerprint density at radius 1 is 1.19 bits per heavy atom. The zero-order chi connectivity index (χ0) is 20.7. The minimum Gasteiger partial charge on any atom is -0.368 e. The van der Waals surface area contributed by atoms with Crippen molar-refractivity contribution in [3.63, 3.8) is 0 Å². The van der Waals surface area contributed by atoms with E-state index in [0.29, 0.717) is 6.42 Å². The Morgan fingerprint density at radius 2 is 1.73 bits per heavy atom. The lowest BCUT2D eigenvalue weighted by molar-refractivity contribution is -0.122. The van der Waals surface area contributed by atoms with E-state index < -0.39 is 41.4 Å². The fourth-order valence-electron chi connectivity index (χ4n) is 2.39. The maximum absolute atomic E-state index is 13.7. The van der Waals surface area contributed by atoms with Gasteiger partial charge in [-0.1, -0.05) is 13.8 Å². The number of hydrogen-bond donors (Lipinski definition) is 1. The highest BCUT2D eigenvalue weighted by Gasteiger charge is 2.39.